The van der Waals surface area contributed by atoms with Crippen LogP contribution in [0, 0.1) is 19.8 Å². The largest absolute Gasteiger partial charge is 0.495 e. The molecule has 6 heteroatoms. The van der Waals surface area contributed by atoms with Gasteiger partial charge in [-0.1, -0.05) is 17.7 Å². The maximum atomic E-state index is 12.8. The second-order valence-corrected chi connectivity index (χ2v) is 6.87. The number of methoxy groups -OCH3 is 1. The predicted molar refractivity (Wildman–Crippen MR) is 103 cm³/mol. The second-order valence-electron chi connectivity index (χ2n) is 6.43. The number of ether oxygens (including phenoxy) is 1. The minimum atomic E-state index is -0.722. The van der Waals surface area contributed by atoms with Crippen LogP contribution in [0.15, 0.2) is 36.4 Å². The van der Waals surface area contributed by atoms with E-state index in [1.54, 1.807) is 23.1 Å². The number of amides is 2. The van der Waals surface area contributed by atoms with Crippen LogP contribution in [0.4, 0.5) is 11.4 Å². The maximum Gasteiger partial charge on any atom is 0.239 e. The number of hydrogen-bond donors (Lipinski definition) is 1. The van der Waals surface area contributed by atoms with Crippen LogP contribution in [0.25, 0.3) is 0 Å². The Hall–Kier alpha value is -2.53. The average Bonchev–Trinajstić information content (AvgIpc) is 2.99. The van der Waals surface area contributed by atoms with E-state index in [0.717, 1.165) is 11.3 Å². The molecule has 1 heterocycles. The number of halogens is 1. The molecule has 1 unspecified atom stereocenters. The summed E-state index contributed by atoms with van der Waals surface area (Å²) in [7, 11) is 1.51. The van der Waals surface area contributed by atoms with Gasteiger partial charge in [-0.15, -0.1) is 0 Å². The van der Waals surface area contributed by atoms with Gasteiger partial charge >= 0.3 is 0 Å². The molecule has 1 aliphatic heterocycles. The monoisotopic (exact) mass is 372 g/mol. The summed E-state index contributed by atoms with van der Waals surface area (Å²) in [4.78, 5) is 27.1. The maximum absolute atomic E-state index is 12.8. The normalized spacial score (nSPS) is 16.7. The molecule has 2 aromatic rings. The van der Waals surface area contributed by atoms with Gasteiger partial charge in [-0.05, 0) is 61.7 Å². The van der Waals surface area contributed by atoms with Crippen LogP contribution >= 0.6 is 11.6 Å². The highest BCUT2D eigenvalue weighted by atomic mass is 35.5. The summed E-state index contributed by atoms with van der Waals surface area (Å²) >= 11 is 5.99. The third kappa shape index (κ3) is 3.53. The zero-order valence-electron chi connectivity index (χ0n) is 15.0. The molecule has 2 amide bonds. The first-order valence-corrected chi connectivity index (χ1v) is 8.81. The summed E-state index contributed by atoms with van der Waals surface area (Å²) in [6.45, 7) is 4.56. The van der Waals surface area contributed by atoms with Crippen molar-refractivity contribution in [1.82, 2.24) is 0 Å². The number of benzene rings is 2. The van der Waals surface area contributed by atoms with Crippen molar-refractivity contribution >= 4 is 34.8 Å². The molecule has 3 rings (SSSR count). The van der Waals surface area contributed by atoms with E-state index < -0.39 is 5.92 Å². The average molecular weight is 373 g/mol. The number of hydrogen-bond acceptors (Lipinski definition) is 3. The van der Waals surface area contributed by atoms with Gasteiger partial charge in [-0.2, -0.15) is 0 Å². The van der Waals surface area contributed by atoms with E-state index in [-0.39, 0.29) is 11.8 Å². The van der Waals surface area contributed by atoms with Crippen molar-refractivity contribution in [3.05, 3.63) is 52.5 Å². The molecule has 1 aliphatic rings. The molecule has 0 aromatic heterocycles. The number of rotatable bonds is 4. The van der Waals surface area contributed by atoms with E-state index in [4.69, 9.17) is 16.3 Å². The highest BCUT2D eigenvalue weighted by molar-refractivity contribution is 6.31. The topological polar surface area (TPSA) is 58.6 Å². The van der Waals surface area contributed by atoms with Crippen molar-refractivity contribution in [2.45, 2.75) is 20.3 Å². The summed E-state index contributed by atoms with van der Waals surface area (Å²) in [6, 6.07) is 10.9. The first kappa shape index (κ1) is 18.3. The van der Waals surface area contributed by atoms with E-state index in [0.29, 0.717) is 29.4 Å². The smallest absolute Gasteiger partial charge is 0.239 e. The van der Waals surface area contributed by atoms with Crippen molar-refractivity contribution in [3.63, 3.8) is 0 Å². The molecule has 0 aliphatic carbocycles. The van der Waals surface area contributed by atoms with Gasteiger partial charge in [0, 0.05) is 17.3 Å². The second kappa shape index (κ2) is 7.38. The fourth-order valence-corrected chi connectivity index (χ4v) is 3.24. The van der Waals surface area contributed by atoms with Crippen molar-refractivity contribution in [1.29, 1.82) is 0 Å². The van der Waals surface area contributed by atoms with E-state index >= 15 is 0 Å². The molecule has 1 N–H and O–H groups in total. The molecule has 1 saturated heterocycles. The highest BCUT2D eigenvalue weighted by Crippen LogP contribution is 2.31. The van der Waals surface area contributed by atoms with E-state index in [2.05, 4.69) is 5.32 Å². The van der Waals surface area contributed by atoms with Gasteiger partial charge in [0.2, 0.25) is 11.8 Å². The third-order valence-electron chi connectivity index (χ3n) is 4.74. The molecular weight excluding hydrogens is 352 g/mol. The summed E-state index contributed by atoms with van der Waals surface area (Å²) in [5, 5.41) is 3.25. The minimum Gasteiger partial charge on any atom is -0.495 e. The molecule has 0 radical (unpaired) electrons. The van der Waals surface area contributed by atoms with Gasteiger partial charge < -0.3 is 15.0 Å². The highest BCUT2D eigenvalue weighted by Gasteiger charge is 2.38. The standard InChI is InChI=1S/C20H21ClN2O3/c1-12-4-6-15(10-13(12)2)23-9-8-16(20(23)25)19(24)22-17-11-14(21)5-7-18(17)26-3/h4-7,10-11,16H,8-9H2,1-3H3,(H,22,24). The Morgan fingerprint density at radius 3 is 2.65 bits per heavy atom. The Morgan fingerprint density at radius 2 is 1.96 bits per heavy atom. The summed E-state index contributed by atoms with van der Waals surface area (Å²) in [5.41, 5.74) is 3.57. The minimum absolute atomic E-state index is 0.188. The van der Waals surface area contributed by atoms with Crippen LogP contribution < -0.4 is 15.0 Å². The van der Waals surface area contributed by atoms with Crippen LogP contribution in [0.2, 0.25) is 5.02 Å². The third-order valence-corrected chi connectivity index (χ3v) is 4.98. The molecule has 0 saturated carbocycles. The zero-order chi connectivity index (χ0) is 18.8. The molecule has 5 nitrogen and oxygen atoms in total. The van der Waals surface area contributed by atoms with Crippen molar-refractivity contribution in [2.24, 2.45) is 5.92 Å². The van der Waals surface area contributed by atoms with Crippen LogP contribution in [0.1, 0.15) is 17.5 Å². The predicted octanol–water partition coefficient (Wildman–Crippen LogP) is 3.96. The Labute approximate surface area is 157 Å². The SMILES string of the molecule is COc1ccc(Cl)cc1NC(=O)C1CCN(c2ccc(C)c(C)c2)C1=O. The lowest BCUT2D eigenvalue weighted by molar-refractivity contribution is -0.129. The molecular formula is C20H21ClN2O3. The zero-order valence-corrected chi connectivity index (χ0v) is 15.8. The Balaban J connectivity index is 1.76. The molecule has 26 heavy (non-hydrogen) atoms. The van der Waals surface area contributed by atoms with E-state index in [9.17, 15) is 9.59 Å². The Morgan fingerprint density at radius 1 is 1.19 bits per heavy atom. The molecule has 0 bridgehead atoms. The lowest BCUT2D eigenvalue weighted by Crippen LogP contribution is -2.33. The molecule has 0 spiro atoms. The van der Waals surface area contributed by atoms with Crippen molar-refractivity contribution in [2.75, 3.05) is 23.9 Å². The molecule has 2 aromatic carbocycles. The summed E-state index contributed by atoms with van der Waals surface area (Å²) in [5.74, 6) is -0.756. The summed E-state index contributed by atoms with van der Waals surface area (Å²) < 4.78 is 5.24. The van der Waals surface area contributed by atoms with Crippen molar-refractivity contribution < 1.29 is 14.3 Å². The molecule has 1 atom stereocenters. The first-order valence-electron chi connectivity index (χ1n) is 8.43. The number of carbonyl (C=O) groups is 2. The quantitative estimate of drug-likeness (QED) is 0.826. The number of aryl methyl sites for hydroxylation is 2. The fraction of sp³-hybridized carbons (Fsp3) is 0.300. The Kier molecular flexibility index (Phi) is 5.18. The van der Waals surface area contributed by atoms with E-state index in [1.165, 1.54) is 12.7 Å². The number of carbonyl (C=O) groups excluding carboxylic acids is 2. The van der Waals surface area contributed by atoms with Gasteiger partial charge in [0.15, 0.2) is 0 Å². The fourth-order valence-electron chi connectivity index (χ4n) is 3.07. The van der Waals surface area contributed by atoms with Gasteiger partial charge in [-0.25, -0.2) is 0 Å². The van der Waals surface area contributed by atoms with Gasteiger partial charge in [0.1, 0.15) is 11.7 Å². The number of nitrogens with zero attached hydrogens (tertiary/aromatic N) is 1. The molecule has 1 fully saturated rings. The van der Waals surface area contributed by atoms with Crippen LogP contribution in [-0.4, -0.2) is 25.5 Å². The number of nitrogens with one attached hydrogen (secondary N) is 1. The Bertz CT molecular complexity index is 866. The van der Waals surface area contributed by atoms with Gasteiger partial charge in [0.05, 0.1) is 12.8 Å². The van der Waals surface area contributed by atoms with Crippen molar-refractivity contribution in [3.8, 4) is 5.75 Å². The summed E-state index contributed by atoms with van der Waals surface area (Å²) in [6.07, 6.45) is 0.473. The first-order chi connectivity index (χ1) is 12.4. The van der Waals surface area contributed by atoms with E-state index in [1.807, 2.05) is 32.0 Å². The lowest BCUT2D eigenvalue weighted by atomic mass is 10.1. The lowest BCUT2D eigenvalue weighted by Gasteiger charge is -2.18. The van der Waals surface area contributed by atoms with Crippen LogP contribution in [0.5, 0.6) is 5.75 Å². The van der Waals surface area contributed by atoms with Crippen LogP contribution in [-0.2, 0) is 9.59 Å². The van der Waals surface area contributed by atoms with Crippen LogP contribution in [0.3, 0.4) is 0 Å². The molecule has 136 valence electrons. The van der Waals surface area contributed by atoms with Gasteiger partial charge in [-0.3, -0.25) is 9.59 Å². The van der Waals surface area contributed by atoms with Gasteiger partial charge in [0.25, 0.3) is 0 Å². The number of anilines is 2.